The summed E-state index contributed by atoms with van der Waals surface area (Å²) in [5.74, 6) is 0.0325. The fourth-order valence-electron chi connectivity index (χ4n) is 2.09. The third-order valence-electron chi connectivity index (χ3n) is 3.32. The van der Waals surface area contributed by atoms with E-state index in [0.29, 0.717) is 18.2 Å². The molecule has 0 aromatic carbocycles. The molecule has 1 aliphatic rings. The van der Waals surface area contributed by atoms with Gasteiger partial charge in [0.15, 0.2) is 5.13 Å². The van der Waals surface area contributed by atoms with Crippen molar-refractivity contribution >= 4 is 26.7 Å². The number of rotatable bonds is 4. The van der Waals surface area contributed by atoms with E-state index in [2.05, 4.69) is 9.71 Å². The minimum Gasteiger partial charge on any atom is -0.396 e. The van der Waals surface area contributed by atoms with E-state index in [9.17, 15) is 8.42 Å². The molecule has 0 radical (unpaired) electrons. The predicted molar refractivity (Wildman–Crippen MR) is 75.5 cm³/mol. The Morgan fingerprint density at radius 3 is 2.84 bits per heavy atom. The van der Waals surface area contributed by atoms with E-state index in [4.69, 9.17) is 5.11 Å². The van der Waals surface area contributed by atoms with E-state index in [-0.39, 0.29) is 12.5 Å². The highest BCUT2D eigenvalue weighted by Crippen LogP contribution is 2.24. The van der Waals surface area contributed by atoms with Crippen LogP contribution in [0.4, 0.5) is 5.13 Å². The Morgan fingerprint density at radius 2 is 2.26 bits per heavy atom. The minimum atomic E-state index is -3.56. The molecule has 1 saturated heterocycles. The molecule has 0 amide bonds. The molecule has 0 bridgehead atoms. The molecule has 2 heterocycles. The Kier molecular flexibility index (Phi) is 4.44. The summed E-state index contributed by atoms with van der Waals surface area (Å²) in [6.45, 7) is 4.66. The fourth-order valence-corrected chi connectivity index (χ4v) is 4.41. The van der Waals surface area contributed by atoms with Gasteiger partial charge in [-0.15, -0.1) is 11.3 Å². The monoisotopic (exact) mass is 305 g/mol. The molecule has 1 aromatic rings. The number of anilines is 1. The molecule has 0 saturated carbocycles. The minimum absolute atomic E-state index is 0.0293. The molecule has 1 atom stereocenters. The summed E-state index contributed by atoms with van der Waals surface area (Å²) in [5.41, 5.74) is 0.842. The molecule has 108 valence electrons. The number of hydrogen-bond donors (Lipinski definition) is 2. The summed E-state index contributed by atoms with van der Waals surface area (Å²) in [7, 11) is -3.56. The first-order chi connectivity index (χ1) is 8.92. The quantitative estimate of drug-likeness (QED) is 0.873. The van der Waals surface area contributed by atoms with Crippen molar-refractivity contribution < 1.29 is 13.5 Å². The van der Waals surface area contributed by atoms with E-state index in [1.807, 2.05) is 13.8 Å². The highest BCUT2D eigenvalue weighted by atomic mass is 32.2. The van der Waals surface area contributed by atoms with Crippen LogP contribution in [-0.4, -0.2) is 42.5 Å². The molecule has 1 aromatic heterocycles. The highest BCUT2D eigenvalue weighted by molar-refractivity contribution is 7.90. The van der Waals surface area contributed by atoms with Gasteiger partial charge in [-0.3, -0.25) is 0 Å². The summed E-state index contributed by atoms with van der Waals surface area (Å²) in [6, 6.07) is 0. The number of aliphatic hydroxyl groups is 1. The molecule has 1 fully saturated rings. The van der Waals surface area contributed by atoms with Crippen LogP contribution in [0.25, 0.3) is 0 Å². The van der Waals surface area contributed by atoms with Crippen LogP contribution < -0.4 is 4.72 Å². The maximum atomic E-state index is 12.2. The van der Waals surface area contributed by atoms with Gasteiger partial charge in [-0.25, -0.2) is 9.71 Å². The Bertz CT molecular complexity index is 522. The van der Waals surface area contributed by atoms with Crippen LogP contribution in [0.5, 0.6) is 0 Å². The second kappa shape index (κ2) is 5.74. The van der Waals surface area contributed by atoms with Gasteiger partial charge in [-0.1, -0.05) is 0 Å². The molecule has 2 N–H and O–H groups in total. The second-order valence-electron chi connectivity index (χ2n) is 4.82. The maximum Gasteiger partial charge on any atom is 0.303 e. The number of nitrogens with zero attached hydrogens (tertiary/aromatic N) is 2. The van der Waals surface area contributed by atoms with Crippen molar-refractivity contribution in [3.05, 3.63) is 10.6 Å². The predicted octanol–water partition coefficient (Wildman–Crippen LogP) is 1.12. The van der Waals surface area contributed by atoms with Crippen molar-refractivity contribution in [2.45, 2.75) is 26.7 Å². The zero-order chi connectivity index (χ0) is 14.0. The number of hydrogen-bond acceptors (Lipinski definition) is 5. The van der Waals surface area contributed by atoms with E-state index >= 15 is 0 Å². The summed E-state index contributed by atoms with van der Waals surface area (Å²) in [5, 5.41) is 9.56. The Balaban J connectivity index is 2.09. The van der Waals surface area contributed by atoms with Gasteiger partial charge in [-0.2, -0.15) is 12.7 Å². The van der Waals surface area contributed by atoms with Gasteiger partial charge in [-0.05, 0) is 32.6 Å². The lowest BCUT2D eigenvalue weighted by molar-refractivity contribution is 0.166. The molecule has 0 aliphatic carbocycles. The first kappa shape index (κ1) is 14.7. The third-order valence-corrected chi connectivity index (χ3v) is 5.90. The van der Waals surface area contributed by atoms with Gasteiger partial charge >= 0.3 is 10.2 Å². The molecular formula is C11H19N3O3S2. The van der Waals surface area contributed by atoms with E-state index in [1.54, 1.807) is 0 Å². The van der Waals surface area contributed by atoms with Gasteiger partial charge in [0.25, 0.3) is 0 Å². The topological polar surface area (TPSA) is 82.5 Å². The average Bonchev–Trinajstić information content (AvgIpc) is 2.67. The SMILES string of the molecule is Cc1nc(NS(=O)(=O)N2CCCC(CO)C2)sc1C. The molecule has 19 heavy (non-hydrogen) atoms. The number of thiazole rings is 1. The first-order valence-corrected chi connectivity index (χ1v) is 8.51. The van der Waals surface area contributed by atoms with Crippen LogP contribution in [-0.2, 0) is 10.2 Å². The number of aryl methyl sites for hydroxylation is 2. The van der Waals surface area contributed by atoms with Crippen LogP contribution in [0.3, 0.4) is 0 Å². The molecular weight excluding hydrogens is 286 g/mol. The van der Waals surface area contributed by atoms with Crippen LogP contribution in [0.15, 0.2) is 0 Å². The van der Waals surface area contributed by atoms with Crippen LogP contribution in [0, 0.1) is 19.8 Å². The van der Waals surface area contributed by atoms with Crippen molar-refractivity contribution in [2.24, 2.45) is 5.92 Å². The number of nitrogens with one attached hydrogen (secondary N) is 1. The normalized spacial score (nSPS) is 21.5. The Morgan fingerprint density at radius 1 is 1.53 bits per heavy atom. The zero-order valence-corrected chi connectivity index (χ0v) is 12.7. The summed E-state index contributed by atoms with van der Waals surface area (Å²) in [4.78, 5) is 5.19. The maximum absolute atomic E-state index is 12.2. The van der Waals surface area contributed by atoms with Gasteiger partial charge in [0, 0.05) is 24.6 Å². The van der Waals surface area contributed by atoms with Crippen molar-refractivity contribution in [2.75, 3.05) is 24.4 Å². The van der Waals surface area contributed by atoms with E-state index in [1.165, 1.54) is 15.6 Å². The van der Waals surface area contributed by atoms with Crippen molar-refractivity contribution in [1.29, 1.82) is 0 Å². The number of aliphatic hydroxyl groups excluding tert-OH is 1. The van der Waals surface area contributed by atoms with Gasteiger partial charge < -0.3 is 5.11 Å². The van der Waals surface area contributed by atoms with E-state index in [0.717, 1.165) is 23.4 Å². The Labute approximate surface area is 117 Å². The van der Waals surface area contributed by atoms with Crippen molar-refractivity contribution in [3.63, 3.8) is 0 Å². The van der Waals surface area contributed by atoms with Crippen molar-refractivity contribution in [1.82, 2.24) is 9.29 Å². The lowest BCUT2D eigenvalue weighted by atomic mass is 10.0. The first-order valence-electron chi connectivity index (χ1n) is 6.25. The second-order valence-corrected chi connectivity index (χ2v) is 7.69. The third kappa shape index (κ3) is 3.44. The standard InChI is InChI=1S/C11H19N3O3S2/c1-8-9(2)18-11(12-8)13-19(16,17)14-5-3-4-10(6-14)7-15/h10,15H,3-7H2,1-2H3,(H,12,13). The molecule has 2 rings (SSSR count). The lowest BCUT2D eigenvalue weighted by Crippen LogP contribution is -2.43. The molecule has 8 heteroatoms. The zero-order valence-electron chi connectivity index (χ0n) is 11.1. The number of piperidine rings is 1. The van der Waals surface area contributed by atoms with Crippen LogP contribution in [0.2, 0.25) is 0 Å². The summed E-state index contributed by atoms with van der Waals surface area (Å²) >= 11 is 1.33. The summed E-state index contributed by atoms with van der Waals surface area (Å²) < 4.78 is 28.4. The fraction of sp³-hybridized carbons (Fsp3) is 0.727. The molecule has 6 nitrogen and oxygen atoms in total. The lowest BCUT2D eigenvalue weighted by Gasteiger charge is -2.30. The molecule has 0 spiro atoms. The summed E-state index contributed by atoms with van der Waals surface area (Å²) in [6.07, 6.45) is 1.65. The van der Waals surface area contributed by atoms with Crippen LogP contribution in [0.1, 0.15) is 23.4 Å². The number of aromatic nitrogens is 1. The molecule has 1 aliphatic heterocycles. The Hall–Kier alpha value is -0.700. The van der Waals surface area contributed by atoms with Gasteiger partial charge in [0.2, 0.25) is 0 Å². The van der Waals surface area contributed by atoms with Crippen LogP contribution >= 0.6 is 11.3 Å². The molecule has 1 unspecified atom stereocenters. The van der Waals surface area contributed by atoms with E-state index < -0.39 is 10.2 Å². The highest BCUT2D eigenvalue weighted by Gasteiger charge is 2.29. The average molecular weight is 305 g/mol. The smallest absolute Gasteiger partial charge is 0.303 e. The van der Waals surface area contributed by atoms with Gasteiger partial charge in [0.05, 0.1) is 5.69 Å². The van der Waals surface area contributed by atoms with Gasteiger partial charge in [0.1, 0.15) is 0 Å². The largest absolute Gasteiger partial charge is 0.396 e. The van der Waals surface area contributed by atoms with Crippen molar-refractivity contribution in [3.8, 4) is 0 Å².